The number of carbonyl (C=O) groups excluding carboxylic acids is 12. The van der Waals surface area contributed by atoms with Crippen LogP contribution >= 0.6 is 130 Å². The summed E-state index contributed by atoms with van der Waals surface area (Å²) in [6.45, 7) is 34.2. The molecule has 0 saturated carbocycles. The molecular formula is C72H100N2O23S12. The number of ether oxygens (including phenoxy) is 11. The highest BCUT2D eigenvalue weighted by Crippen LogP contribution is 2.45. The predicted octanol–water partition coefficient (Wildman–Crippen LogP) is 12.3. The molecule has 0 aliphatic carbocycles. The first kappa shape index (κ1) is 100. The van der Waals surface area contributed by atoms with E-state index in [4.69, 9.17) is 52.1 Å². The molecule has 0 bridgehead atoms. The van der Waals surface area contributed by atoms with Crippen LogP contribution in [0.15, 0.2) is 127 Å². The average molecular weight is 1750 g/mol. The predicted molar refractivity (Wildman–Crippen MR) is 449 cm³/mol. The van der Waals surface area contributed by atoms with Gasteiger partial charge in [-0.3, -0.25) is 14.5 Å². The van der Waals surface area contributed by atoms with Crippen LogP contribution in [0.5, 0.6) is 0 Å². The normalized spacial score (nSPS) is 16.9. The molecule has 6 heterocycles. The van der Waals surface area contributed by atoms with Gasteiger partial charge in [0.15, 0.2) is 6.10 Å². The van der Waals surface area contributed by atoms with Crippen molar-refractivity contribution in [1.29, 1.82) is 0 Å². The van der Waals surface area contributed by atoms with Crippen LogP contribution in [-0.2, 0) is 110 Å². The summed E-state index contributed by atoms with van der Waals surface area (Å²) in [6.07, 6.45) is 19.0. The molecule has 1 amide bonds. The van der Waals surface area contributed by atoms with Crippen LogP contribution in [0.1, 0.15) is 64.2 Å². The maximum atomic E-state index is 12.0. The molecule has 6 fully saturated rings. The molecule has 0 spiro atoms. The fourth-order valence-electron chi connectivity index (χ4n) is 9.27. The Kier molecular flexibility index (Phi) is 57.6. The van der Waals surface area contributed by atoms with Crippen LogP contribution in [0.25, 0.3) is 0 Å². The van der Waals surface area contributed by atoms with Crippen molar-refractivity contribution in [2.45, 2.75) is 105 Å². The first-order valence-corrected chi connectivity index (χ1v) is 49.0. The maximum Gasteiger partial charge on any atom is 0.330 e. The molecule has 37 heteroatoms. The van der Waals surface area contributed by atoms with Gasteiger partial charge in [0.1, 0.15) is 52.9 Å². The van der Waals surface area contributed by atoms with Gasteiger partial charge < -0.3 is 57.4 Å². The Balaban J connectivity index is 0.000000466. The van der Waals surface area contributed by atoms with Crippen LogP contribution < -0.4 is 5.32 Å². The number of amides is 1. The van der Waals surface area contributed by atoms with Gasteiger partial charge in [0.25, 0.3) is 0 Å². The van der Waals surface area contributed by atoms with Gasteiger partial charge >= 0.3 is 65.7 Å². The number of nitrogens with zero attached hydrogens (tertiary/aromatic N) is 1. The summed E-state index contributed by atoms with van der Waals surface area (Å²) >= 11 is 0. The van der Waals surface area contributed by atoms with Crippen molar-refractivity contribution < 1.29 is 110 Å². The van der Waals surface area contributed by atoms with Crippen LogP contribution in [0.4, 0.5) is 0 Å². The molecule has 0 aromatic carbocycles. The largest absolute Gasteiger partial charge is 0.462 e. The second-order valence-electron chi connectivity index (χ2n) is 23.5. The van der Waals surface area contributed by atoms with E-state index in [2.05, 4.69) is 76.0 Å². The lowest BCUT2D eigenvalue weighted by Crippen LogP contribution is -2.55. The molecular weight excluding hydrogens is 1650 g/mol. The monoisotopic (exact) mass is 1740 g/mol. The molecule has 0 aromatic rings. The summed E-state index contributed by atoms with van der Waals surface area (Å²) in [6, 6.07) is 0.0202. The lowest BCUT2D eigenvalue weighted by molar-refractivity contribution is -0.164. The fraction of sp³-hybridized carbons (Fsp3) is 0.556. The topological polar surface area (TPSA) is 322 Å². The molecule has 2 unspecified atom stereocenters. The third-order valence-electron chi connectivity index (χ3n) is 15.2. The Hall–Kier alpha value is -4.80. The lowest BCUT2D eigenvalue weighted by Gasteiger charge is -2.39. The fourth-order valence-corrected chi connectivity index (χ4v) is 27.3. The molecule has 109 heavy (non-hydrogen) atoms. The lowest BCUT2D eigenvalue weighted by atomic mass is 9.95. The Morgan fingerprint density at radius 2 is 0.716 bits per heavy atom. The third kappa shape index (κ3) is 47.5. The minimum absolute atomic E-state index is 0.0281. The van der Waals surface area contributed by atoms with Crippen molar-refractivity contribution in [3.05, 3.63) is 127 Å². The highest BCUT2D eigenvalue weighted by atomic mass is 33.1. The Morgan fingerprint density at radius 1 is 0.385 bits per heavy atom. The number of carbonyl (C=O) groups is 12. The van der Waals surface area contributed by atoms with E-state index >= 15 is 0 Å². The van der Waals surface area contributed by atoms with E-state index in [1.165, 1.54) is 24.3 Å². The molecule has 25 nitrogen and oxygen atoms in total. The molecule has 1 N–H and O–H groups in total. The van der Waals surface area contributed by atoms with Crippen molar-refractivity contribution in [1.82, 2.24) is 10.2 Å². The summed E-state index contributed by atoms with van der Waals surface area (Å²) in [5.74, 6) is 4.71. The van der Waals surface area contributed by atoms with Crippen LogP contribution in [0.2, 0.25) is 0 Å². The summed E-state index contributed by atoms with van der Waals surface area (Å²) in [7, 11) is 22.0. The van der Waals surface area contributed by atoms with E-state index in [0.717, 1.165) is 145 Å². The zero-order valence-electron chi connectivity index (χ0n) is 61.0. The van der Waals surface area contributed by atoms with Crippen LogP contribution in [-0.4, -0.2) is 241 Å². The molecule has 6 aliphatic heterocycles. The number of hydrogen-bond donors (Lipinski definition) is 1. The van der Waals surface area contributed by atoms with Crippen molar-refractivity contribution in [3.63, 3.8) is 0 Å². The van der Waals surface area contributed by atoms with E-state index in [0.29, 0.717) is 34.9 Å². The number of esters is 11. The van der Waals surface area contributed by atoms with Crippen molar-refractivity contribution in [2.75, 3.05) is 124 Å². The van der Waals surface area contributed by atoms with Gasteiger partial charge in [-0.1, -0.05) is 208 Å². The van der Waals surface area contributed by atoms with E-state index in [-0.39, 0.29) is 95.8 Å². The van der Waals surface area contributed by atoms with E-state index in [9.17, 15) is 57.5 Å². The smallest absolute Gasteiger partial charge is 0.330 e. The molecule has 608 valence electrons. The summed E-state index contributed by atoms with van der Waals surface area (Å²) < 4.78 is 55.5. The van der Waals surface area contributed by atoms with Crippen molar-refractivity contribution >= 4 is 201 Å². The SMILES string of the molecule is C=CC(=O)OCC(COC(=O)C=C)C1CSSC1.C=CC(=O)OCC(COC(=O)C=C)N(C1CSSC1)C1CSSC1.C=CC(=O)OCC(COC(=O)C=C)NC(=O)CCCCC1CCSS1.C=CC(=O)OCC(COC(=O)C=C)OC(=O)CCCCC1CCSS1.C=CC(=O)OCC1(COC(=O)C=C)CSSC1. The molecule has 6 saturated heterocycles. The molecule has 6 aliphatic rings. The second-order valence-corrected chi connectivity index (χ2v) is 39.2. The van der Waals surface area contributed by atoms with Gasteiger partial charge in [0.2, 0.25) is 5.91 Å². The quantitative estimate of drug-likeness (QED) is 0.0194. The van der Waals surface area contributed by atoms with Crippen molar-refractivity contribution in [2.24, 2.45) is 17.3 Å². The number of nitrogens with one attached hydrogen (secondary N) is 1. The van der Waals surface area contributed by atoms with E-state index < -0.39 is 77.8 Å². The number of unbranched alkanes of at least 4 members (excludes halogenated alkanes) is 2. The Morgan fingerprint density at radius 3 is 1.07 bits per heavy atom. The van der Waals surface area contributed by atoms with Gasteiger partial charge in [-0.2, -0.15) is 0 Å². The highest BCUT2D eigenvalue weighted by molar-refractivity contribution is 8.78. The molecule has 6 rings (SSSR count). The molecule has 0 radical (unpaired) electrons. The Bertz CT molecular complexity index is 2730. The zero-order chi connectivity index (χ0) is 80.5. The van der Waals surface area contributed by atoms with Crippen molar-refractivity contribution in [3.8, 4) is 0 Å². The van der Waals surface area contributed by atoms with E-state index in [1.807, 2.05) is 86.4 Å². The summed E-state index contributed by atoms with van der Waals surface area (Å²) in [4.78, 5) is 138. The maximum absolute atomic E-state index is 12.0. The molecule has 2 atom stereocenters. The third-order valence-corrected chi connectivity index (χ3v) is 31.7. The minimum Gasteiger partial charge on any atom is -0.462 e. The molecule has 0 aromatic heterocycles. The first-order valence-electron chi connectivity index (χ1n) is 34.3. The second kappa shape index (κ2) is 62.6. The van der Waals surface area contributed by atoms with Crippen LogP contribution in [0.3, 0.4) is 0 Å². The summed E-state index contributed by atoms with van der Waals surface area (Å²) in [5, 5.41) is 4.12. The van der Waals surface area contributed by atoms with Gasteiger partial charge in [0.05, 0.1) is 30.7 Å². The number of rotatable bonds is 46. The summed E-state index contributed by atoms with van der Waals surface area (Å²) in [5.41, 5.74) is -0.299. The number of hydrogen-bond acceptors (Lipinski definition) is 36. The van der Waals surface area contributed by atoms with Gasteiger partial charge in [-0.25, -0.2) is 47.9 Å². The minimum atomic E-state index is -0.845. The zero-order valence-corrected chi connectivity index (χ0v) is 70.8. The van der Waals surface area contributed by atoms with Crippen LogP contribution in [0, 0.1) is 17.3 Å². The van der Waals surface area contributed by atoms with E-state index in [1.54, 1.807) is 43.2 Å². The highest BCUT2D eigenvalue weighted by Gasteiger charge is 2.40. The van der Waals surface area contributed by atoms with Gasteiger partial charge in [0, 0.05) is 160 Å². The first-order chi connectivity index (χ1) is 52.5. The standard InChI is InChI=1S/C17H25NO5S2.C17H24O6S2.C15H21NO4S4.C12H16O4S2.C11H14O4S2/c1-3-16(20)22-11-13(12-23-17(21)4-2)18-15(19)8-6-5-7-14-9-10-24-25-14;1-3-15(18)21-11-13(12-22-16(19)4-2)23-17(20)8-6-5-7-14-9-10-24-25-14;1-3-14(17)19-5-11(6-20-15(18)4-2)16(12-7-21-22-8-12)13-9-23-24-10-13;1-3-11(13)15-5-9(6-16-12(14)4-2)10-7-17-18-8-10;1-3-9(12)14-5-11(7-16-17-8-11)6-15-10(13)4-2/h3-4,13-14H,1-2,5-12H2,(H,18,19);3-4,13-14H,1-2,5-12H2;3-4,11-13H,1-2,5-10H2;3-4,9-10H,1-2,5-8H2;3-4H,1-2,5-8H2. The Labute approximate surface area is 687 Å². The van der Waals surface area contributed by atoms with Gasteiger partial charge in [-0.05, 0) is 44.4 Å². The van der Waals surface area contributed by atoms with Gasteiger partial charge in [-0.15, -0.1) is 0 Å². The average Bonchev–Trinajstić information content (AvgIpc) is 1.71.